The normalized spacial score (nSPS) is 18.8. The van der Waals surface area contributed by atoms with E-state index in [1.54, 1.807) is 6.33 Å². The zero-order valence-corrected chi connectivity index (χ0v) is 11.3. The molecule has 0 aliphatic heterocycles. The number of hydrogen-bond acceptors (Lipinski definition) is 3. The fourth-order valence-corrected chi connectivity index (χ4v) is 3.10. The van der Waals surface area contributed by atoms with Crippen molar-refractivity contribution in [3.05, 3.63) is 48.0 Å². The van der Waals surface area contributed by atoms with Crippen molar-refractivity contribution in [3.8, 4) is 0 Å². The van der Waals surface area contributed by atoms with Gasteiger partial charge < -0.3 is 5.73 Å². The molecule has 1 aromatic heterocycles. The molecule has 1 heterocycles. The Labute approximate surface area is 113 Å². The van der Waals surface area contributed by atoms with Crippen LogP contribution in [0.25, 0.3) is 0 Å². The van der Waals surface area contributed by atoms with Gasteiger partial charge in [0.2, 0.25) is 0 Å². The van der Waals surface area contributed by atoms with Crippen LogP contribution in [0.3, 0.4) is 0 Å². The summed E-state index contributed by atoms with van der Waals surface area (Å²) in [5.41, 5.74) is 8.03. The highest BCUT2D eigenvalue weighted by molar-refractivity contribution is 5.30. The molecule has 3 rings (SSSR count). The lowest BCUT2D eigenvalue weighted by Gasteiger charge is -2.47. The van der Waals surface area contributed by atoms with Gasteiger partial charge in [-0.15, -0.1) is 0 Å². The Morgan fingerprint density at radius 3 is 2.58 bits per heavy atom. The molecule has 1 unspecified atom stereocenters. The van der Waals surface area contributed by atoms with E-state index in [-0.39, 0.29) is 11.5 Å². The number of aromatic nitrogens is 3. The molecule has 2 N–H and O–H groups in total. The van der Waals surface area contributed by atoms with Crippen LogP contribution in [0.5, 0.6) is 0 Å². The van der Waals surface area contributed by atoms with Crippen molar-refractivity contribution in [2.45, 2.75) is 37.1 Å². The van der Waals surface area contributed by atoms with Crippen molar-refractivity contribution in [2.75, 3.05) is 0 Å². The maximum Gasteiger partial charge on any atom is 0.138 e. The van der Waals surface area contributed by atoms with Gasteiger partial charge in [0.1, 0.15) is 12.2 Å². The molecule has 1 aliphatic rings. The monoisotopic (exact) mass is 256 g/mol. The van der Waals surface area contributed by atoms with Crippen molar-refractivity contribution in [2.24, 2.45) is 12.8 Å². The van der Waals surface area contributed by atoms with Crippen LogP contribution < -0.4 is 5.73 Å². The van der Waals surface area contributed by atoms with E-state index in [0.29, 0.717) is 0 Å². The van der Waals surface area contributed by atoms with Gasteiger partial charge in [-0.2, -0.15) is 5.10 Å². The van der Waals surface area contributed by atoms with Crippen LogP contribution in [0.2, 0.25) is 0 Å². The van der Waals surface area contributed by atoms with Gasteiger partial charge in [-0.1, -0.05) is 36.8 Å². The molecule has 2 aromatic rings. The Bertz CT molecular complexity index is 542. The Balaban J connectivity index is 1.84. The molecule has 0 spiro atoms. The average Bonchev–Trinajstić information content (AvgIpc) is 2.75. The van der Waals surface area contributed by atoms with Gasteiger partial charge >= 0.3 is 0 Å². The van der Waals surface area contributed by atoms with Gasteiger partial charge in [0.05, 0.1) is 0 Å². The van der Waals surface area contributed by atoms with E-state index in [4.69, 9.17) is 5.73 Å². The molecule has 1 aromatic carbocycles. The zero-order valence-electron chi connectivity index (χ0n) is 11.3. The first-order valence-electron chi connectivity index (χ1n) is 6.86. The smallest absolute Gasteiger partial charge is 0.138 e. The molecule has 4 nitrogen and oxygen atoms in total. The summed E-state index contributed by atoms with van der Waals surface area (Å²) in [6, 6.07) is 10.8. The molecule has 19 heavy (non-hydrogen) atoms. The Kier molecular flexibility index (Phi) is 3.11. The summed E-state index contributed by atoms with van der Waals surface area (Å²) in [5, 5.41) is 4.12. The van der Waals surface area contributed by atoms with Gasteiger partial charge in [0.15, 0.2) is 0 Å². The highest BCUT2D eigenvalue weighted by atomic mass is 15.3. The topological polar surface area (TPSA) is 56.7 Å². The first-order valence-corrected chi connectivity index (χ1v) is 6.86. The summed E-state index contributed by atoms with van der Waals surface area (Å²) in [5.74, 6) is 0.967. The molecular formula is C15H20N4. The van der Waals surface area contributed by atoms with E-state index < -0.39 is 0 Å². The van der Waals surface area contributed by atoms with Gasteiger partial charge in [0.25, 0.3) is 0 Å². The largest absolute Gasteiger partial charge is 0.326 e. The Morgan fingerprint density at radius 2 is 2.05 bits per heavy atom. The van der Waals surface area contributed by atoms with Gasteiger partial charge in [-0.05, 0) is 18.4 Å². The minimum atomic E-state index is 0.103. The van der Waals surface area contributed by atoms with E-state index in [0.717, 1.165) is 12.2 Å². The molecule has 1 aliphatic carbocycles. The molecule has 1 fully saturated rings. The highest BCUT2D eigenvalue weighted by Crippen LogP contribution is 2.46. The predicted octanol–water partition coefficient (Wildman–Crippen LogP) is 1.81. The first kappa shape index (κ1) is 12.4. The van der Waals surface area contributed by atoms with Gasteiger partial charge in [-0.3, -0.25) is 4.68 Å². The average molecular weight is 256 g/mol. The van der Waals surface area contributed by atoms with E-state index in [1.165, 1.54) is 24.8 Å². The lowest BCUT2D eigenvalue weighted by atomic mass is 9.59. The fraction of sp³-hybridized carbons (Fsp3) is 0.467. The minimum Gasteiger partial charge on any atom is -0.326 e. The van der Waals surface area contributed by atoms with Crippen LogP contribution in [0, 0.1) is 0 Å². The molecule has 1 atom stereocenters. The highest BCUT2D eigenvalue weighted by Gasteiger charge is 2.43. The lowest BCUT2D eigenvalue weighted by molar-refractivity contribution is 0.192. The second-order valence-electron chi connectivity index (χ2n) is 5.49. The van der Waals surface area contributed by atoms with E-state index in [1.807, 2.05) is 11.7 Å². The number of benzene rings is 1. The maximum absolute atomic E-state index is 6.52. The second kappa shape index (κ2) is 4.78. The van der Waals surface area contributed by atoms with E-state index in [9.17, 15) is 0 Å². The molecule has 0 amide bonds. The van der Waals surface area contributed by atoms with Crippen LogP contribution in [0.1, 0.15) is 30.7 Å². The zero-order chi connectivity index (χ0) is 13.3. The van der Waals surface area contributed by atoms with Gasteiger partial charge in [-0.25, -0.2) is 4.98 Å². The van der Waals surface area contributed by atoms with Crippen LogP contribution in [0.4, 0.5) is 0 Å². The maximum atomic E-state index is 6.52. The summed E-state index contributed by atoms with van der Waals surface area (Å²) >= 11 is 0. The fourth-order valence-electron chi connectivity index (χ4n) is 3.10. The quantitative estimate of drug-likeness (QED) is 0.907. The van der Waals surface area contributed by atoms with Crippen LogP contribution >= 0.6 is 0 Å². The van der Waals surface area contributed by atoms with Crippen molar-refractivity contribution < 1.29 is 0 Å². The summed E-state index contributed by atoms with van der Waals surface area (Å²) in [6.07, 6.45) is 6.00. The van der Waals surface area contributed by atoms with Crippen molar-refractivity contribution >= 4 is 0 Å². The summed E-state index contributed by atoms with van der Waals surface area (Å²) < 4.78 is 1.82. The molecule has 0 saturated heterocycles. The molecule has 100 valence electrons. The molecule has 1 saturated carbocycles. The molecule has 0 radical (unpaired) electrons. The van der Waals surface area contributed by atoms with E-state index >= 15 is 0 Å². The summed E-state index contributed by atoms with van der Waals surface area (Å²) in [6.45, 7) is 0. The number of aryl methyl sites for hydroxylation is 1. The van der Waals surface area contributed by atoms with Crippen LogP contribution in [-0.2, 0) is 18.9 Å². The van der Waals surface area contributed by atoms with Crippen LogP contribution in [0.15, 0.2) is 36.7 Å². The molecule has 4 heteroatoms. The van der Waals surface area contributed by atoms with Crippen molar-refractivity contribution in [1.82, 2.24) is 14.8 Å². The minimum absolute atomic E-state index is 0.103. The third kappa shape index (κ3) is 2.06. The molecular weight excluding hydrogens is 236 g/mol. The first-order chi connectivity index (χ1) is 9.22. The van der Waals surface area contributed by atoms with Crippen LogP contribution in [-0.4, -0.2) is 20.8 Å². The summed E-state index contributed by atoms with van der Waals surface area (Å²) in [7, 11) is 1.92. The third-order valence-corrected chi connectivity index (χ3v) is 4.51. The number of nitrogens with two attached hydrogens (primary N) is 1. The van der Waals surface area contributed by atoms with Crippen molar-refractivity contribution in [1.29, 1.82) is 0 Å². The lowest BCUT2D eigenvalue weighted by Crippen LogP contribution is -2.51. The summed E-state index contributed by atoms with van der Waals surface area (Å²) in [4.78, 5) is 4.29. The third-order valence-electron chi connectivity index (χ3n) is 4.51. The number of rotatable bonds is 4. The van der Waals surface area contributed by atoms with Gasteiger partial charge in [0, 0.05) is 24.9 Å². The Morgan fingerprint density at radius 1 is 1.32 bits per heavy atom. The standard InChI is InChI=1S/C15H20N4/c1-19-14(17-11-18-19)10-13(16)15(8-5-9-15)12-6-3-2-4-7-12/h2-4,6-7,11,13H,5,8-10,16H2,1H3. The SMILES string of the molecule is Cn1ncnc1CC(N)C1(c2ccccc2)CCC1. The number of nitrogens with zero attached hydrogens (tertiary/aromatic N) is 3. The molecule has 0 bridgehead atoms. The Hall–Kier alpha value is -1.68. The van der Waals surface area contributed by atoms with E-state index in [2.05, 4.69) is 40.4 Å². The number of hydrogen-bond donors (Lipinski definition) is 1. The predicted molar refractivity (Wildman–Crippen MR) is 74.7 cm³/mol. The second-order valence-corrected chi connectivity index (χ2v) is 5.49. The van der Waals surface area contributed by atoms with Crippen molar-refractivity contribution in [3.63, 3.8) is 0 Å².